The lowest BCUT2D eigenvalue weighted by atomic mass is 9.95. The quantitative estimate of drug-likeness (QED) is 0.470. The van der Waals surface area contributed by atoms with Gasteiger partial charge in [-0.2, -0.15) is 0 Å². The summed E-state index contributed by atoms with van der Waals surface area (Å²) in [5.41, 5.74) is 2.14. The summed E-state index contributed by atoms with van der Waals surface area (Å²) in [6.45, 7) is 9.00. The molecule has 0 fully saturated rings. The molecule has 190 valence electrons. The smallest absolute Gasteiger partial charge is 0.306 e. The Balaban J connectivity index is 2.05. The van der Waals surface area contributed by atoms with Crippen LogP contribution in [0.4, 0.5) is 0 Å². The van der Waals surface area contributed by atoms with Gasteiger partial charge >= 0.3 is 11.9 Å². The zero-order valence-electron chi connectivity index (χ0n) is 20.5. The lowest BCUT2D eigenvalue weighted by Crippen LogP contribution is -2.30. The van der Waals surface area contributed by atoms with Crippen molar-refractivity contribution in [2.45, 2.75) is 89.6 Å². The van der Waals surface area contributed by atoms with E-state index in [-0.39, 0.29) is 37.3 Å². The Bertz CT molecular complexity index is 767. The maximum atomic E-state index is 12.4. The van der Waals surface area contributed by atoms with Crippen LogP contribution in [0.25, 0.3) is 0 Å². The van der Waals surface area contributed by atoms with Crippen molar-refractivity contribution in [1.29, 1.82) is 0 Å². The number of carbonyl (C=O) groups is 2. The predicted molar refractivity (Wildman–Crippen MR) is 130 cm³/mol. The minimum Gasteiger partial charge on any atom is -0.466 e. The Morgan fingerprint density at radius 3 is 2.71 bits per heavy atom. The standard InChI is InChI=1S/C27H40O7/c1-19-13-15-33-26(30)8-5-9-27(31)34-25(7-4-6-22(28)17-21(3)16-19)24(29)11-10-23-18-20(2)12-14-32-23/h4,6,10-12,19,22-25,28-29H,3,5,7-9,13-18H2,1-2H3/b6-4+,11-10+/t19-,22-,23-,24+,25+/m1/s1. The first kappa shape index (κ1) is 28.0. The Labute approximate surface area is 203 Å². The highest BCUT2D eigenvalue weighted by molar-refractivity contribution is 5.72. The summed E-state index contributed by atoms with van der Waals surface area (Å²) in [4.78, 5) is 24.3. The van der Waals surface area contributed by atoms with Gasteiger partial charge in [0.1, 0.15) is 12.2 Å². The summed E-state index contributed by atoms with van der Waals surface area (Å²) in [5, 5.41) is 21.1. The average Bonchev–Trinajstić information content (AvgIpc) is 2.76. The van der Waals surface area contributed by atoms with Crippen molar-refractivity contribution in [2.24, 2.45) is 5.92 Å². The number of cyclic esters (lactones) is 2. The Hall–Kier alpha value is -2.22. The van der Waals surface area contributed by atoms with Gasteiger partial charge in [-0.15, -0.1) is 0 Å². The van der Waals surface area contributed by atoms with Crippen molar-refractivity contribution in [2.75, 3.05) is 13.2 Å². The number of aliphatic hydroxyl groups is 2. The number of rotatable bonds is 3. The van der Waals surface area contributed by atoms with Gasteiger partial charge < -0.3 is 24.4 Å². The molecule has 0 saturated carbocycles. The fraction of sp³-hybridized carbons (Fsp3) is 0.630. The van der Waals surface area contributed by atoms with E-state index in [9.17, 15) is 19.8 Å². The molecule has 5 atom stereocenters. The monoisotopic (exact) mass is 476 g/mol. The van der Waals surface area contributed by atoms with Crippen LogP contribution in [0.1, 0.15) is 65.2 Å². The average molecular weight is 477 g/mol. The third kappa shape index (κ3) is 11.3. The number of carbonyl (C=O) groups excluding carboxylic acids is 2. The van der Waals surface area contributed by atoms with E-state index in [1.165, 1.54) is 5.57 Å². The SMILES string of the molecule is C=C1C[C@H](C)CCOC(=O)CCCC(=O)O[C@H]([C@@H](O)/C=C/[C@@H]2CC(C)=CCO2)C/C=C/[C@@H](O)C1. The minimum atomic E-state index is -1.04. The molecule has 2 aliphatic rings. The highest BCUT2D eigenvalue weighted by atomic mass is 16.6. The topological polar surface area (TPSA) is 102 Å². The van der Waals surface area contributed by atoms with E-state index >= 15 is 0 Å². The predicted octanol–water partition coefficient (Wildman–Crippen LogP) is 3.95. The van der Waals surface area contributed by atoms with E-state index < -0.39 is 24.3 Å². The van der Waals surface area contributed by atoms with Gasteiger partial charge in [0.15, 0.2) is 0 Å². The molecule has 0 aromatic heterocycles. The Morgan fingerprint density at radius 1 is 1.18 bits per heavy atom. The highest BCUT2D eigenvalue weighted by Crippen LogP contribution is 2.20. The van der Waals surface area contributed by atoms with E-state index in [2.05, 4.69) is 13.5 Å². The molecule has 2 aliphatic heterocycles. The summed E-state index contributed by atoms with van der Waals surface area (Å²) in [6, 6.07) is 0. The molecule has 2 heterocycles. The van der Waals surface area contributed by atoms with Crippen molar-refractivity contribution in [3.8, 4) is 0 Å². The zero-order valence-corrected chi connectivity index (χ0v) is 20.5. The molecule has 0 amide bonds. The molecule has 2 rings (SSSR count). The Morgan fingerprint density at radius 2 is 1.94 bits per heavy atom. The second-order valence-corrected chi connectivity index (χ2v) is 9.39. The molecule has 0 spiro atoms. The normalized spacial score (nSPS) is 31.1. The van der Waals surface area contributed by atoms with Crippen LogP contribution in [0.2, 0.25) is 0 Å². The van der Waals surface area contributed by atoms with Gasteiger partial charge in [-0.3, -0.25) is 9.59 Å². The largest absolute Gasteiger partial charge is 0.466 e. The first-order valence-corrected chi connectivity index (χ1v) is 12.2. The third-order valence-corrected chi connectivity index (χ3v) is 5.95. The maximum Gasteiger partial charge on any atom is 0.306 e. The fourth-order valence-electron chi connectivity index (χ4n) is 3.98. The summed E-state index contributed by atoms with van der Waals surface area (Å²) >= 11 is 0. The third-order valence-electron chi connectivity index (χ3n) is 5.95. The first-order valence-electron chi connectivity index (χ1n) is 12.2. The van der Waals surface area contributed by atoms with E-state index in [0.717, 1.165) is 18.4 Å². The van der Waals surface area contributed by atoms with Crippen LogP contribution < -0.4 is 0 Å². The highest BCUT2D eigenvalue weighted by Gasteiger charge is 2.22. The van der Waals surface area contributed by atoms with Crippen LogP contribution >= 0.6 is 0 Å². The summed E-state index contributed by atoms with van der Waals surface area (Å²) in [7, 11) is 0. The van der Waals surface area contributed by atoms with Gasteiger partial charge in [0, 0.05) is 19.3 Å². The maximum absolute atomic E-state index is 12.4. The molecular formula is C27H40O7. The van der Waals surface area contributed by atoms with Gasteiger partial charge in [0.05, 0.1) is 25.4 Å². The molecule has 0 radical (unpaired) electrons. The van der Waals surface area contributed by atoms with Crippen LogP contribution in [0, 0.1) is 5.92 Å². The molecular weight excluding hydrogens is 436 g/mol. The van der Waals surface area contributed by atoms with Gasteiger partial charge in [-0.25, -0.2) is 0 Å². The molecule has 0 saturated heterocycles. The molecule has 0 aliphatic carbocycles. The van der Waals surface area contributed by atoms with E-state index in [1.54, 1.807) is 24.3 Å². The number of hydrogen-bond acceptors (Lipinski definition) is 7. The second kappa shape index (κ2) is 14.9. The molecule has 0 bridgehead atoms. The van der Waals surface area contributed by atoms with Gasteiger partial charge in [-0.05, 0) is 44.9 Å². The molecule has 0 aromatic rings. The molecule has 7 nitrogen and oxygen atoms in total. The molecule has 0 unspecified atom stereocenters. The molecule has 2 N–H and O–H groups in total. The number of hydrogen-bond donors (Lipinski definition) is 2. The van der Waals surface area contributed by atoms with Crippen LogP contribution in [-0.4, -0.2) is 59.8 Å². The first-order chi connectivity index (χ1) is 16.2. The van der Waals surface area contributed by atoms with Crippen molar-refractivity contribution in [3.63, 3.8) is 0 Å². The fourth-order valence-corrected chi connectivity index (χ4v) is 3.98. The van der Waals surface area contributed by atoms with Crippen LogP contribution in [0.15, 0.2) is 48.1 Å². The van der Waals surface area contributed by atoms with Gasteiger partial charge in [0.25, 0.3) is 0 Å². The second-order valence-electron chi connectivity index (χ2n) is 9.39. The lowest BCUT2D eigenvalue weighted by Gasteiger charge is -2.22. The van der Waals surface area contributed by atoms with Crippen molar-refractivity contribution < 1.29 is 34.0 Å². The van der Waals surface area contributed by atoms with Crippen molar-refractivity contribution >= 4 is 11.9 Å². The van der Waals surface area contributed by atoms with Crippen LogP contribution in [0.3, 0.4) is 0 Å². The number of esters is 2. The van der Waals surface area contributed by atoms with Crippen LogP contribution in [0.5, 0.6) is 0 Å². The molecule has 0 aromatic carbocycles. The summed E-state index contributed by atoms with van der Waals surface area (Å²) in [6.07, 6.45) is 9.45. The molecule has 7 heteroatoms. The van der Waals surface area contributed by atoms with Crippen molar-refractivity contribution in [1.82, 2.24) is 0 Å². The van der Waals surface area contributed by atoms with Crippen LogP contribution in [-0.2, 0) is 23.8 Å². The van der Waals surface area contributed by atoms with Gasteiger partial charge in [0.2, 0.25) is 0 Å². The van der Waals surface area contributed by atoms with Crippen molar-refractivity contribution in [3.05, 3.63) is 48.1 Å². The summed E-state index contributed by atoms with van der Waals surface area (Å²) in [5.74, 6) is -0.547. The minimum absolute atomic E-state index is 0.0559. The van der Waals surface area contributed by atoms with E-state index in [1.807, 2.05) is 13.0 Å². The van der Waals surface area contributed by atoms with E-state index in [4.69, 9.17) is 14.2 Å². The van der Waals surface area contributed by atoms with Gasteiger partial charge in [-0.1, -0.05) is 55.0 Å². The number of aliphatic hydroxyl groups excluding tert-OH is 2. The Kier molecular flexibility index (Phi) is 12.3. The van der Waals surface area contributed by atoms with E-state index in [0.29, 0.717) is 32.5 Å². The zero-order chi connectivity index (χ0) is 24.9. The lowest BCUT2D eigenvalue weighted by molar-refractivity contribution is -0.153. The summed E-state index contributed by atoms with van der Waals surface area (Å²) < 4.78 is 16.4. The molecule has 34 heavy (non-hydrogen) atoms. The number of ether oxygens (including phenoxy) is 3.